The Morgan fingerprint density at radius 2 is 1.69 bits per heavy atom. The second-order valence-corrected chi connectivity index (χ2v) is 8.21. The summed E-state index contributed by atoms with van der Waals surface area (Å²) in [4.78, 5) is 0. The van der Waals surface area contributed by atoms with E-state index in [0.717, 1.165) is 35.1 Å². The summed E-state index contributed by atoms with van der Waals surface area (Å²) in [5, 5.41) is 4.52. The average molecular weight is 495 g/mol. The third kappa shape index (κ3) is 6.38. The van der Waals surface area contributed by atoms with E-state index in [-0.39, 0.29) is 0 Å². The number of methoxy groups -OCH3 is 1. The number of hydrogen-bond acceptors (Lipinski definition) is 3. The Balaban J connectivity index is 1.59. The van der Waals surface area contributed by atoms with Crippen LogP contribution in [0.15, 0.2) is 65.1 Å². The van der Waals surface area contributed by atoms with E-state index >= 15 is 0 Å². The van der Waals surface area contributed by atoms with Crippen LogP contribution in [0.3, 0.4) is 0 Å². The highest BCUT2D eigenvalue weighted by molar-refractivity contribution is 9.10. The van der Waals surface area contributed by atoms with E-state index in [9.17, 15) is 0 Å². The van der Waals surface area contributed by atoms with Crippen LogP contribution < -0.4 is 14.8 Å². The lowest BCUT2D eigenvalue weighted by molar-refractivity contribution is 0.284. The first-order valence-corrected chi connectivity index (χ1v) is 10.8. The summed E-state index contributed by atoms with van der Waals surface area (Å²) < 4.78 is 12.4. The molecule has 0 aliphatic heterocycles. The molecular weight excluding hydrogens is 473 g/mol. The molecule has 1 N–H and O–H groups in total. The molecule has 152 valence electrons. The van der Waals surface area contributed by atoms with Crippen LogP contribution in [0, 0.1) is 0 Å². The SMILES string of the molecule is COc1cc(CNCCc2ccccc2)c(Br)cc1OCc1ccc(Cl)c(Cl)c1. The zero-order valence-corrected chi connectivity index (χ0v) is 19.2. The van der Waals surface area contributed by atoms with Gasteiger partial charge in [0.25, 0.3) is 0 Å². The molecule has 29 heavy (non-hydrogen) atoms. The van der Waals surface area contributed by atoms with Crippen molar-refractivity contribution in [1.82, 2.24) is 5.32 Å². The quantitative estimate of drug-likeness (QED) is 0.336. The number of ether oxygens (including phenoxy) is 2. The molecule has 0 radical (unpaired) electrons. The van der Waals surface area contributed by atoms with Crippen LogP contribution in [0.5, 0.6) is 11.5 Å². The molecule has 0 spiro atoms. The van der Waals surface area contributed by atoms with E-state index in [0.29, 0.717) is 28.2 Å². The van der Waals surface area contributed by atoms with Crippen LogP contribution in [-0.2, 0) is 19.6 Å². The van der Waals surface area contributed by atoms with Gasteiger partial charge in [0.15, 0.2) is 11.5 Å². The predicted octanol–water partition coefficient (Wildman–Crippen LogP) is 6.68. The summed E-state index contributed by atoms with van der Waals surface area (Å²) in [7, 11) is 1.64. The van der Waals surface area contributed by atoms with Crippen LogP contribution in [-0.4, -0.2) is 13.7 Å². The molecule has 0 aliphatic carbocycles. The maximum atomic E-state index is 6.07. The molecule has 0 bridgehead atoms. The first kappa shape index (κ1) is 22.0. The van der Waals surface area contributed by atoms with Crippen molar-refractivity contribution < 1.29 is 9.47 Å². The molecule has 3 nitrogen and oxygen atoms in total. The minimum Gasteiger partial charge on any atom is -0.493 e. The van der Waals surface area contributed by atoms with Crippen molar-refractivity contribution >= 4 is 39.1 Å². The Morgan fingerprint density at radius 3 is 2.41 bits per heavy atom. The summed E-state index contributed by atoms with van der Waals surface area (Å²) in [5.41, 5.74) is 3.36. The third-order valence-electron chi connectivity index (χ3n) is 4.46. The zero-order chi connectivity index (χ0) is 20.6. The summed E-state index contributed by atoms with van der Waals surface area (Å²) in [6, 6.07) is 19.8. The monoisotopic (exact) mass is 493 g/mol. The molecule has 0 saturated heterocycles. The second kappa shape index (κ2) is 10.9. The van der Waals surface area contributed by atoms with Gasteiger partial charge in [-0.05, 0) is 53.9 Å². The van der Waals surface area contributed by atoms with Gasteiger partial charge >= 0.3 is 0 Å². The summed E-state index contributed by atoms with van der Waals surface area (Å²) in [5.74, 6) is 1.35. The van der Waals surface area contributed by atoms with Crippen molar-refractivity contribution in [2.45, 2.75) is 19.6 Å². The highest BCUT2D eigenvalue weighted by Gasteiger charge is 2.11. The predicted molar refractivity (Wildman–Crippen MR) is 123 cm³/mol. The molecule has 0 heterocycles. The molecule has 0 saturated carbocycles. The highest BCUT2D eigenvalue weighted by Crippen LogP contribution is 2.34. The van der Waals surface area contributed by atoms with Crippen molar-refractivity contribution in [1.29, 1.82) is 0 Å². The number of halogens is 3. The smallest absolute Gasteiger partial charge is 0.162 e. The maximum Gasteiger partial charge on any atom is 0.162 e. The van der Waals surface area contributed by atoms with Crippen LogP contribution >= 0.6 is 39.1 Å². The number of rotatable bonds is 9. The number of hydrogen-bond donors (Lipinski definition) is 1. The zero-order valence-electron chi connectivity index (χ0n) is 16.1. The van der Waals surface area contributed by atoms with Crippen molar-refractivity contribution in [3.63, 3.8) is 0 Å². The van der Waals surface area contributed by atoms with Crippen LogP contribution in [0.2, 0.25) is 10.0 Å². The first-order valence-electron chi connectivity index (χ1n) is 9.24. The molecular formula is C23H22BrCl2NO2. The molecule has 6 heteroatoms. The maximum absolute atomic E-state index is 6.07. The molecule has 0 atom stereocenters. The first-order chi connectivity index (χ1) is 14.1. The lowest BCUT2D eigenvalue weighted by Gasteiger charge is -2.15. The van der Waals surface area contributed by atoms with Gasteiger partial charge in [0.05, 0.1) is 17.2 Å². The van der Waals surface area contributed by atoms with E-state index < -0.39 is 0 Å². The average Bonchev–Trinajstić information content (AvgIpc) is 2.73. The molecule has 3 aromatic rings. The Kier molecular flexibility index (Phi) is 8.25. The lowest BCUT2D eigenvalue weighted by Crippen LogP contribution is -2.17. The van der Waals surface area contributed by atoms with Crippen molar-refractivity contribution in [2.24, 2.45) is 0 Å². The van der Waals surface area contributed by atoms with Crippen molar-refractivity contribution in [2.75, 3.05) is 13.7 Å². The molecule has 0 aliphatic rings. The van der Waals surface area contributed by atoms with Gasteiger partial charge in [-0.25, -0.2) is 0 Å². The topological polar surface area (TPSA) is 30.5 Å². The van der Waals surface area contributed by atoms with E-state index in [1.807, 2.05) is 24.3 Å². The standard InChI is InChI=1S/C23H22BrCl2NO2/c1-28-22-12-18(14-27-10-9-16-5-3-2-4-6-16)19(24)13-23(22)29-15-17-7-8-20(25)21(26)11-17/h2-8,11-13,27H,9-10,14-15H2,1H3. The minimum absolute atomic E-state index is 0.369. The van der Waals surface area contributed by atoms with E-state index in [1.54, 1.807) is 19.2 Å². The number of nitrogens with one attached hydrogen (secondary N) is 1. The largest absolute Gasteiger partial charge is 0.493 e. The summed E-state index contributed by atoms with van der Waals surface area (Å²) in [6.45, 7) is 2.00. The molecule has 0 aromatic heterocycles. The lowest BCUT2D eigenvalue weighted by atomic mass is 10.1. The Bertz CT molecular complexity index is 951. The molecule has 0 amide bonds. The molecule has 3 rings (SSSR count). The van der Waals surface area contributed by atoms with Gasteiger partial charge in [-0.15, -0.1) is 0 Å². The fourth-order valence-electron chi connectivity index (χ4n) is 2.88. The van der Waals surface area contributed by atoms with Crippen LogP contribution in [0.1, 0.15) is 16.7 Å². The van der Waals surface area contributed by atoms with Crippen molar-refractivity contribution in [3.8, 4) is 11.5 Å². The highest BCUT2D eigenvalue weighted by atomic mass is 79.9. The van der Waals surface area contributed by atoms with Crippen LogP contribution in [0.25, 0.3) is 0 Å². The molecule has 0 fully saturated rings. The van der Waals surface area contributed by atoms with Gasteiger partial charge in [0.1, 0.15) is 6.61 Å². The van der Waals surface area contributed by atoms with E-state index in [2.05, 4.69) is 45.5 Å². The Morgan fingerprint density at radius 1 is 0.897 bits per heavy atom. The fraction of sp³-hybridized carbons (Fsp3) is 0.217. The van der Waals surface area contributed by atoms with E-state index in [4.69, 9.17) is 32.7 Å². The summed E-state index contributed by atoms with van der Waals surface area (Å²) >= 11 is 15.7. The van der Waals surface area contributed by atoms with Gasteiger partial charge in [-0.1, -0.05) is 75.5 Å². The van der Waals surface area contributed by atoms with Gasteiger partial charge in [0.2, 0.25) is 0 Å². The van der Waals surface area contributed by atoms with Crippen molar-refractivity contribution in [3.05, 3.63) is 91.9 Å². The number of benzene rings is 3. The Hall–Kier alpha value is -1.72. The minimum atomic E-state index is 0.369. The van der Waals surface area contributed by atoms with Crippen LogP contribution in [0.4, 0.5) is 0 Å². The van der Waals surface area contributed by atoms with Gasteiger partial charge in [0, 0.05) is 11.0 Å². The molecule has 0 unspecified atom stereocenters. The third-order valence-corrected chi connectivity index (χ3v) is 5.94. The fourth-order valence-corrected chi connectivity index (χ4v) is 3.66. The van der Waals surface area contributed by atoms with Gasteiger partial charge < -0.3 is 14.8 Å². The summed E-state index contributed by atoms with van der Waals surface area (Å²) in [6.07, 6.45) is 0.987. The molecule has 3 aromatic carbocycles. The second-order valence-electron chi connectivity index (χ2n) is 6.54. The van der Waals surface area contributed by atoms with Gasteiger partial charge in [-0.3, -0.25) is 0 Å². The Labute approximate surface area is 190 Å². The van der Waals surface area contributed by atoms with E-state index in [1.165, 1.54) is 5.56 Å². The normalized spacial score (nSPS) is 10.8. The van der Waals surface area contributed by atoms with Gasteiger partial charge in [-0.2, -0.15) is 0 Å².